The number of likely N-dealkylation sites (tertiary alicyclic amines) is 1. The van der Waals surface area contributed by atoms with Gasteiger partial charge in [-0.2, -0.15) is 0 Å². The highest BCUT2D eigenvalue weighted by Gasteiger charge is 2.37. The number of rotatable bonds is 5. The third-order valence-electron chi connectivity index (χ3n) is 3.88. The number of amides is 2. The average molecular weight is 274 g/mol. The zero-order valence-corrected chi connectivity index (χ0v) is 12.2. The van der Waals surface area contributed by atoms with Gasteiger partial charge in [0.25, 0.3) is 0 Å². The van der Waals surface area contributed by atoms with Gasteiger partial charge in [0.2, 0.25) is 11.8 Å². The molecule has 1 aromatic rings. The van der Waals surface area contributed by atoms with E-state index in [1.165, 1.54) is 0 Å². The molecule has 1 aliphatic rings. The number of nitrogens with zero attached hydrogens (tertiary/aromatic N) is 2. The van der Waals surface area contributed by atoms with E-state index in [1.807, 2.05) is 44.2 Å². The van der Waals surface area contributed by atoms with Crippen LogP contribution in [-0.2, 0) is 16.1 Å². The zero-order valence-electron chi connectivity index (χ0n) is 12.2. The van der Waals surface area contributed by atoms with Crippen molar-refractivity contribution in [3.05, 3.63) is 35.9 Å². The van der Waals surface area contributed by atoms with Crippen molar-refractivity contribution in [2.75, 3.05) is 13.1 Å². The van der Waals surface area contributed by atoms with Crippen LogP contribution in [0.15, 0.2) is 30.3 Å². The van der Waals surface area contributed by atoms with E-state index in [9.17, 15) is 9.59 Å². The minimum Gasteiger partial charge on any atom is -0.341 e. The molecule has 1 fully saturated rings. The number of hydrogen-bond acceptors (Lipinski definition) is 2. The molecule has 0 radical (unpaired) electrons. The van der Waals surface area contributed by atoms with Crippen LogP contribution < -0.4 is 0 Å². The number of hydrogen-bond donors (Lipinski definition) is 0. The Morgan fingerprint density at radius 3 is 2.50 bits per heavy atom. The molecule has 4 heteroatoms. The topological polar surface area (TPSA) is 40.6 Å². The van der Waals surface area contributed by atoms with Crippen LogP contribution in [-0.4, -0.2) is 40.7 Å². The van der Waals surface area contributed by atoms with Gasteiger partial charge in [-0.25, -0.2) is 0 Å². The first-order valence-electron chi connectivity index (χ1n) is 7.29. The van der Waals surface area contributed by atoms with Crippen molar-refractivity contribution in [1.82, 2.24) is 9.80 Å². The predicted octanol–water partition coefficient (Wildman–Crippen LogP) is 2.05. The Bertz CT molecular complexity index is 469. The van der Waals surface area contributed by atoms with E-state index in [2.05, 4.69) is 0 Å². The largest absolute Gasteiger partial charge is 0.341 e. The maximum absolute atomic E-state index is 12.5. The highest BCUT2D eigenvalue weighted by molar-refractivity contribution is 5.90. The lowest BCUT2D eigenvalue weighted by atomic mass is 10.1. The Morgan fingerprint density at radius 1 is 1.25 bits per heavy atom. The summed E-state index contributed by atoms with van der Waals surface area (Å²) in [6.45, 7) is 5.86. The Labute approximate surface area is 120 Å². The molecule has 0 aromatic heterocycles. The highest BCUT2D eigenvalue weighted by atomic mass is 16.2. The quantitative estimate of drug-likeness (QED) is 0.824. The van der Waals surface area contributed by atoms with Crippen LogP contribution >= 0.6 is 0 Å². The highest BCUT2D eigenvalue weighted by Crippen LogP contribution is 2.23. The first-order chi connectivity index (χ1) is 9.67. The maximum atomic E-state index is 12.5. The fraction of sp³-hybridized carbons (Fsp3) is 0.500. The van der Waals surface area contributed by atoms with Gasteiger partial charge in [0.15, 0.2) is 0 Å². The standard InChI is InChI=1S/C16H22N2O2/c1-3-17(4-2)16(20)14-10-11-15(19)18(14)12-13-8-6-5-7-9-13/h5-9,14H,3-4,10-12H2,1-2H3. The third-order valence-corrected chi connectivity index (χ3v) is 3.88. The summed E-state index contributed by atoms with van der Waals surface area (Å²) in [4.78, 5) is 28.1. The number of carbonyl (C=O) groups is 2. The molecule has 1 atom stereocenters. The van der Waals surface area contributed by atoms with Crippen LogP contribution in [0.1, 0.15) is 32.3 Å². The van der Waals surface area contributed by atoms with Crippen molar-refractivity contribution in [2.45, 2.75) is 39.3 Å². The summed E-state index contributed by atoms with van der Waals surface area (Å²) in [5, 5.41) is 0. The Hall–Kier alpha value is -1.84. The second kappa shape index (κ2) is 6.55. The summed E-state index contributed by atoms with van der Waals surface area (Å²) in [6, 6.07) is 9.56. The molecule has 1 aromatic carbocycles. The summed E-state index contributed by atoms with van der Waals surface area (Å²) in [7, 11) is 0. The lowest BCUT2D eigenvalue weighted by molar-refractivity contribution is -0.141. The average Bonchev–Trinajstić information content (AvgIpc) is 2.82. The lowest BCUT2D eigenvalue weighted by Crippen LogP contribution is -2.46. The normalized spacial score (nSPS) is 18.4. The third kappa shape index (κ3) is 3.00. The van der Waals surface area contributed by atoms with Gasteiger partial charge in [-0.1, -0.05) is 30.3 Å². The van der Waals surface area contributed by atoms with E-state index in [0.717, 1.165) is 5.56 Å². The maximum Gasteiger partial charge on any atom is 0.245 e. The molecule has 2 amide bonds. The second-order valence-electron chi connectivity index (χ2n) is 5.07. The van der Waals surface area contributed by atoms with Gasteiger partial charge in [-0.3, -0.25) is 9.59 Å². The van der Waals surface area contributed by atoms with Gasteiger partial charge in [-0.05, 0) is 25.8 Å². The monoisotopic (exact) mass is 274 g/mol. The van der Waals surface area contributed by atoms with E-state index < -0.39 is 0 Å². The molecule has 1 heterocycles. The fourth-order valence-corrected chi connectivity index (χ4v) is 2.71. The van der Waals surface area contributed by atoms with E-state index >= 15 is 0 Å². The number of carbonyl (C=O) groups excluding carboxylic acids is 2. The molecule has 108 valence electrons. The van der Waals surface area contributed by atoms with E-state index in [1.54, 1.807) is 9.80 Å². The van der Waals surface area contributed by atoms with Crippen LogP contribution in [0.4, 0.5) is 0 Å². The van der Waals surface area contributed by atoms with Crippen LogP contribution in [0, 0.1) is 0 Å². The lowest BCUT2D eigenvalue weighted by Gasteiger charge is -2.29. The summed E-state index contributed by atoms with van der Waals surface area (Å²) in [6.07, 6.45) is 1.12. The van der Waals surface area contributed by atoms with Crippen molar-refractivity contribution in [3.63, 3.8) is 0 Å². The van der Waals surface area contributed by atoms with E-state index in [-0.39, 0.29) is 17.9 Å². The molecular formula is C16H22N2O2. The minimum absolute atomic E-state index is 0.0804. The van der Waals surface area contributed by atoms with Crippen molar-refractivity contribution < 1.29 is 9.59 Å². The van der Waals surface area contributed by atoms with Gasteiger partial charge < -0.3 is 9.80 Å². The zero-order chi connectivity index (χ0) is 14.5. The van der Waals surface area contributed by atoms with Gasteiger partial charge in [0, 0.05) is 26.1 Å². The van der Waals surface area contributed by atoms with E-state index in [4.69, 9.17) is 0 Å². The van der Waals surface area contributed by atoms with E-state index in [0.29, 0.717) is 32.5 Å². The molecule has 0 aliphatic carbocycles. The first kappa shape index (κ1) is 14.6. The van der Waals surface area contributed by atoms with Gasteiger partial charge >= 0.3 is 0 Å². The fourth-order valence-electron chi connectivity index (χ4n) is 2.71. The number of likely N-dealkylation sites (N-methyl/N-ethyl adjacent to an activating group) is 1. The van der Waals surface area contributed by atoms with Crippen molar-refractivity contribution in [3.8, 4) is 0 Å². The van der Waals surface area contributed by atoms with Crippen LogP contribution in [0.5, 0.6) is 0 Å². The van der Waals surface area contributed by atoms with Gasteiger partial charge in [0.05, 0.1) is 0 Å². The Morgan fingerprint density at radius 2 is 1.90 bits per heavy atom. The van der Waals surface area contributed by atoms with Crippen molar-refractivity contribution in [1.29, 1.82) is 0 Å². The molecule has 1 unspecified atom stereocenters. The minimum atomic E-state index is -0.289. The predicted molar refractivity (Wildman–Crippen MR) is 77.9 cm³/mol. The van der Waals surface area contributed by atoms with Crippen LogP contribution in [0.2, 0.25) is 0 Å². The molecule has 1 aliphatic heterocycles. The van der Waals surface area contributed by atoms with Gasteiger partial charge in [-0.15, -0.1) is 0 Å². The molecule has 0 saturated carbocycles. The smallest absolute Gasteiger partial charge is 0.245 e. The van der Waals surface area contributed by atoms with Crippen molar-refractivity contribution >= 4 is 11.8 Å². The Balaban J connectivity index is 2.12. The Kier molecular flexibility index (Phi) is 4.77. The molecule has 4 nitrogen and oxygen atoms in total. The molecule has 2 rings (SSSR count). The molecule has 0 spiro atoms. The summed E-state index contributed by atoms with van der Waals surface area (Å²) >= 11 is 0. The summed E-state index contributed by atoms with van der Waals surface area (Å²) < 4.78 is 0. The van der Waals surface area contributed by atoms with Crippen LogP contribution in [0.25, 0.3) is 0 Å². The molecular weight excluding hydrogens is 252 g/mol. The number of benzene rings is 1. The van der Waals surface area contributed by atoms with Crippen LogP contribution in [0.3, 0.4) is 0 Å². The summed E-state index contributed by atoms with van der Waals surface area (Å²) in [5.41, 5.74) is 1.07. The summed E-state index contributed by atoms with van der Waals surface area (Å²) in [5.74, 6) is 0.163. The van der Waals surface area contributed by atoms with Gasteiger partial charge in [0.1, 0.15) is 6.04 Å². The molecule has 20 heavy (non-hydrogen) atoms. The molecule has 0 bridgehead atoms. The SMILES string of the molecule is CCN(CC)C(=O)C1CCC(=O)N1Cc1ccccc1. The second-order valence-corrected chi connectivity index (χ2v) is 5.07. The van der Waals surface area contributed by atoms with Crippen molar-refractivity contribution in [2.24, 2.45) is 0 Å². The molecule has 1 saturated heterocycles. The first-order valence-corrected chi connectivity index (χ1v) is 7.29. The molecule has 0 N–H and O–H groups in total.